The normalized spacial score (nSPS) is 16.6. The molecule has 3 amide bonds. The lowest BCUT2D eigenvalue weighted by Crippen LogP contribution is -2.48. The van der Waals surface area contributed by atoms with Crippen molar-refractivity contribution in [2.24, 2.45) is 0 Å². The minimum atomic E-state index is -0.262. The van der Waals surface area contributed by atoms with Crippen LogP contribution in [0.2, 0.25) is 0 Å². The first-order valence-electron chi connectivity index (χ1n) is 8.14. The van der Waals surface area contributed by atoms with E-state index in [1.807, 2.05) is 0 Å². The quantitative estimate of drug-likeness (QED) is 0.611. The fourth-order valence-corrected chi connectivity index (χ4v) is 2.86. The Morgan fingerprint density at radius 3 is 2.64 bits per heavy atom. The predicted octanol–water partition coefficient (Wildman–Crippen LogP) is 0.281. The standard InChI is InChI=1S/C17H19N3O5/c21-11-19-5-7-20(8-6-19)17(24)4-2-14(22)12-1-3-15-13(9-12)18-16(23)10-25-15/h1,3,9,11H,2,4-8,10H2,(H,18,23). The molecular weight excluding hydrogens is 326 g/mol. The van der Waals surface area contributed by atoms with Crippen molar-refractivity contribution in [3.05, 3.63) is 23.8 Å². The van der Waals surface area contributed by atoms with Crippen LogP contribution in [0.3, 0.4) is 0 Å². The van der Waals surface area contributed by atoms with Crippen LogP contribution in [0.1, 0.15) is 23.2 Å². The number of nitrogens with zero attached hydrogens (tertiary/aromatic N) is 2. The van der Waals surface area contributed by atoms with Crippen LogP contribution in [0.25, 0.3) is 0 Å². The monoisotopic (exact) mass is 345 g/mol. The number of hydrogen-bond donors (Lipinski definition) is 1. The maximum absolute atomic E-state index is 12.3. The maximum Gasteiger partial charge on any atom is 0.262 e. The molecule has 8 nitrogen and oxygen atoms in total. The summed E-state index contributed by atoms with van der Waals surface area (Å²) in [6.45, 7) is 2.00. The molecule has 0 atom stereocenters. The van der Waals surface area contributed by atoms with E-state index in [1.165, 1.54) is 0 Å². The number of Topliss-reactive ketones (excluding diaryl/α,β-unsaturated/α-hetero) is 1. The van der Waals surface area contributed by atoms with Gasteiger partial charge in [-0.15, -0.1) is 0 Å². The fraction of sp³-hybridized carbons (Fsp3) is 0.412. The van der Waals surface area contributed by atoms with Crippen molar-refractivity contribution in [1.82, 2.24) is 9.80 Å². The molecule has 25 heavy (non-hydrogen) atoms. The second-order valence-electron chi connectivity index (χ2n) is 5.99. The first kappa shape index (κ1) is 16.9. The van der Waals surface area contributed by atoms with Gasteiger partial charge in [-0.2, -0.15) is 0 Å². The molecule has 3 rings (SSSR count). The second-order valence-corrected chi connectivity index (χ2v) is 5.99. The average molecular weight is 345 g/mol. The lowest BCUT2D eigenvalue weighted by molar-refractivity contribution is -0.135. The van der Waals surface area contributed by atoms with Gasteiger partial charge in [0, 0.05) is 44.6 Å². The number of carbonyl (C=O) groups excluding carboxylic acids is 4. The van der Waals surface area contributed by atoms with Gasteiger partial charge in [0.2, 0.25) is 12.3 Å². The molecule has 0 radical (unpaired) electrons. The van der Waals surface area contributed by atoms with Gasteiger partial charge < -0.3 is 19.9 Å². The molecule has 132 valence electrons. The van der Waals surface area contributed by atoms with Crippen molar-refractivity contribution >= 4 is 29.7 Å². The third-order valence-electron chi connectivity index (χ3n) is 4.32. The van der Waals surface area contributed by atoms with Crippen LogP contribution in [0.4, 0.5) is 5.69 Å². The van der Waals surface area contributed by atoms with Crippen molar-refractivity contribution < 1.29 is 23.9 Å². The molecule has 1 fully saturated rings. The van der Waals surface area contributed by atoms with E-state index in [9.17, 15) is 19.2 Å². The van der Waals surface area contributed by atoms with Crippen LogP contribution in [-0.4, -0.2) is 66.6 Å². The highest BCUT2D eigenvalue weighted by molar-refractivity contribution is 6.01. The number of carbonyl (C=O) groups is 4. The van der Waals surface area contributed by atoms with Gasteiger partial charge in [-0.05, 0) is 18.2 Å². The molecule has 8 heteroatoms. The molecule has 2 heterocycles. The van der Waals surface area contributed by atoms with Crippen LogP contribution in [0, 0.1) is 0 Å². The SMILES string of the molecule is O=CN1CCN(C(=O)CCC(=O)c2ccc3c(c2)NC(=O)CO3)CC1. The molecule has 0 spiro atoms. The second kappa shape index (κ2) is 7.33. The molecule has 0 aliphatic carbocycles. The number of rotatable bonds is 5. The summed E-state index contributed by atoms with van der Waals surface area (Å²) in [5, 5.41) is 2.66. The first-order valence-corrected chi connectivity index (χ1v) is 8.14. The minimum absolute atomic E-state index is 0.0356. The zero-order valence-electron chi connectivity index (χ0n) is 13.7. The molecule has 2 aliphatic rings. The van der Waals surface area contributed by atoms with Gasteiger partial charge in [0.05, 0.1) is 5.69 Å². The van der Waals surface area contributed by atoms with E-state index in [0.717, 1.165) is 6.41 Å². The highest BCUT2D eigenvalue weighted by atomic mass is 16.5. The number of ketones is 1. The van der Waals surface area contributed by atoms with Crippen LogP contribution in [0.5, 0.6) is 5.75 Å². The number of fused-ring (bicyclic) bond motifs is 1. The smallest absolute Gasteiger partial charge is 0.262 e. The molecule has 1 saturated heterocycles. The Morgan fingerprint density at radius 2 is 1.92 bits per heavy atom. The maximum atomic E-state index is 12.3. The zero-order valence-corrected chi connectivity index (χ0v) is 13.7. The summed E-state index contributed by atoms with van der Waals surface area (Å²) < 4.78 is 5.25. The fourth-order valence-electron chi connectivity index (χ4n) is 2.86. The average Bonchev–Trinajstić information content (AvgIpc) is 2.65. The summed E-state index contributed by atoms with van der Waals surface area (Å²) >= 11 is 0. The Balaban J connectivity index is 1.54. The third-order valence-corrected chi connectivity index (χ3v) is 4.32. The van der Waals surface area contributed by atoms with Crippen LogP contribution < -0.4 is 10.1 Å². The van der Waals surface area contributed by atoms with E-state index in [4.69, 9.17) is 4.74 Å². The molecular formula is C17H19N3O5. The van der Waals surface area contributed by atoms with Gasteiger partial charge in [-0.3, -0.25) is 19.2 Å². The Bertz CT molecular complexity index is 710. The highest BCUT2D eigenvalue weighted by Gasteiger charge is 2.22. The number of ether oxygens (including phenoxy) is 1. The van der Waals surface area contributed by atoms with E-state index in [1.54, 1.807) is 28.0 Å². The molecule has 0 saturated carbocycles. The number of piperazine rings is 1. The summed E-state index contributed by atoms with van der Waals surface area (Å²) in [5.41, 5.74) is 0.904. The van der Waals surface area contributed by atoms with E-state index < -0.39 is 0 Å². The number of benzene rings is 1. The van der Waals surface area contributed by atoms with Crippen molar-refractivity contribution in [2.75, 3.05) is 38.1 Å². The lowest BCUT2D eigenvalue weighted by Gasteiger charge is -2.32. The Kier molecular flexibility index (Phi) is 4.97. The number of nitrogens with one attached hydrogen (secondary N) is 1. The Morgan fingerprint density at radius 1 is 1.16 bits per heavy atom. The van der Waals surface area contributed by atoms with Crippen molar-refractivity contribution in [3.8, 4) is 5.75 Å². The molecule has 0 unspecified atom stereocenters. The Labute approximate surface area is 144 Å². The molecule has 0 aromatic heterocycles. The summed E-state index contributed by atoms with van der Waals surface area (Å²) in [7, 11) is 0. The number of amides is 3. The van der Waals surface area contributed by atoms with Crippen LogP contribution in [-0.2, 0) is 14.4 Å². The number of hydrogen-bond acceptors (Lipinski definition) is 5. The summed E-state index contributed by atoms with van der Waals surface area (Å²) in [4.78, 5) is 49.8. The van der Waals surface area contributed by atoms with E-state index >= 15 is 0 Å². The van der Waals surface area contributed by atoms with E-state index in [-0.39, 0.29) is 37.0 Å². The van der Waals surface area contributed by atoms with Crippen LogP contribution >= 0.6 is 0 Å². The lowest BCUT2D eigenvalue weighted by atomic mass is 10.0. The number of anilines is 1. The van der Waals surface area contributed by atoms with E-state index in [0.29, 0.717) is 43.2 Å². The van der Waals surface area contributed by atoms with Gasteiger partial charge in [0.15, 0.2) is 12.4 Å². The summed E-state index contributed by atoms with van der Waals surface area (Å²) in [6.07, 6.45) is 1.00. The molecule has 2 aliphatic heterocycles. The van der Waals surface area contributed by atoms with Gasteiger partial charge in [0.25, 0.3) is 5.91 Å². The van der Waals surface area contributed by atoms with Crippen molar-refractivity contribution in [3.63, 3.8) is 0 Å². The largest absolute Gasteiger partial charge is 0.482 e. The van der Waals surface area contributed by atoms with Crippen molar-refractivity contribution in [2.45, 2.75) is 12.8 Å². The molecule has 0 bridgehead atoms. The summed E-state index contributed by atoms with van der Waals surface area (Å²) in [5.74, 6) is 0.0120. The van der Waals surface area contributed by atoms with E-state index in [2.05, 4.69) is 5.32 Å². The Hall–Kier alpha value is -2.90. The highest BCUT2D eigenvalue weighted by Crippen LogP contribution is 2.29. The van der Waals surface area contributed by atoms with Gasteiger partial charge >= 0.3 is 0 Å². The predicted molar refractivity (Wildman–Crippen MR) is 88.3 cm³/mol. The molecule has 1 aromatic carbocycles. The van der Waals surface area contributed by atoms with Gasteiger partial charge in [-0.1, -0.05) is 0 Å². The van der Waals surface area contributed by atoms with Crippen LogP contribution in [0.15, 0.2) is 18.2 Å². The third kappa shape index (κ3) is 3.96. The zero-order chi connectivity index (χ0) is 17.8. The molecule has 1 N–H and O–H groups in total. The first-order chi connectivity index (χ1) is 12.1. The topological polar surface area (TPSA) is 96.0 Å². The molecule has 1 aromatic rings. The minimum Gasteiger partial charge on any atom is -0.482 e. The van der Waals surface area contributed by atoms with Gasteiger partial charge in [0.1, 0.15) is 5.75 Å². The van der Waals surface area contributed by atoms with Crippen molar-refractivity contribution in [1.29, 1.82) is 0 Å². The summed E-state index contributed by atoms with van der Waals surface area (Å²) in [6, 6.07) is 4.84. The van der Waals surface area contributed by atoms with Gasteiger partial charge in [-0.25, -0.2) is 0 Å².